The molecule has 6 nitrogen and oxygen atoms in total. The normalized spacial score (nSPS) is 21.3. The molecule has 1 aliphatic rings. The highest BCUT2D eigenvalue weighted by Gasteiger charge is 2.50. The van der Waals surface area contributed by atoms with Crippen LogP contribution in [0.4, 0.5) is 0 Å². The first-order valence-electron chi connectivity index (χ1n) is 8.87. The number of hydrogen-bond acceptors (Lipinski definition) is 6. The van der Waals surface area contributed by atoms with Gasteiger partial charge in [-0.2, -0.15) is 0 Å². The molecule has 1 unspecified atom stereocenters. The molecular formula is C19H30O6. The summed E-state index contributed by atoms with van der Waals surface area (Å²) < 4.78 is 14.7. The van der Waals surface area contributed by atoms with Crippen molar-refractivity contribution in [1.82, 2.24) is 0 Å². The maximum absolute atomic E-state index is 12.4. The highest BCUT2D eigenvalue weighted by Crippen LogP contribution is 2.42. The van der Waals surface area contributed by atoms with Crippen LogP contribution in [0.25, 0.3) is 0 Å². The van der Waals surface area contributed by atoms with Crippen molar-refractivity contribution in [3.8, 4) is 0 Å². The molecule has 0 aromatic carbocycles. The van der Waals surface area contributed by atoms with E-state index in [1.54, 1.807) is 0 Å². The van der Waals surface area contributed by atoms with Gasteiger partial charge >= 0.3 is 17.9 Å². The topological polar surface area (TPSA) is 78.9 Å². The SMILES string of the molecule is CCCCC/C=C1\CC(C(=O)OC)CCC(C(=O)OC)(C(=O)OC)C1. The molecule has 0 aromatic rings. The quantitative estimate of drug-likeness (QED) is 0.174. The van der Waals surface area contributed by atoms with E-state index in [2.05, 4.69) is 13.0 Å². The number of rotatable bonds is 7. The van der Waals surface area contributed by atoms with Crippen molar-refractivity contribution >= 4 is 17.9 Å². The van der Waals surface area contributed by atoms with Crippen molar-refractivity contribution in [2.45, 2.75) is 58.3 Å². The fourth-order valence-corrected chi connectivity index (χ4v) is 3.43. The molecule has 0 aliphatic heterocycles. The molecule has 1 saturated carbocycles. The van der Waals surface area contributed by atoms with Gasteiger partial charge in [-0.1, -0.05) is 31.4 Å². The van der Waals surface area contributed by atoms with Crippen LogP contribution in [0.2, 0.25) is 0 Å². The average Bonchev–Trinajstić information content (AvgIpc) is 2.84. The molecule has 0 spiro atoms. The Kier molecular flexibility index (Phi) is 8.66. The molecule has 0 aromatic heterocycles. The van der Waals surface area contributed by atoms with E-state index < -0.39 is 17.4 Å². The third-order valence-electron chi connectivity index (χ3n) is 4.88. The van der Waals surface area contributed by atoms with Crippen LogP contribution in [0.3, 0.4) is 0 Å². The number of carbonyl (C=O) groups is 3. The van der Waals surface area contributed by atoms with E-state index in [9.17, 15) is 14.4 Å². The minimum atomic E-state index is -1.39. The minimum absolute atomic E-state index is 0.207. The lowest BCUT2D eigenvalue weighted by molar-refractivity contribution is -0.170. The summed E-state index contributed by atoms with van der Waals surface area (Å²) in [5.41, 5.74) is -0.470. The van der Waals surface area contributed by atoms with Gasteiger partial charge in [-0.25, -0.2) is 0 Å². The zero-order valence-electron chi connectivity index (χ0n) is 15.8. The number of ether oxygens (including phenoxy) is 3. The smallest absolute Gasteiger partial charge is 0.323 e. The van der Waals surface area contributed by atoms with Crippen LogP contribution in [-0.4, -0.2) is 39.2 Å². The Bertz CT molecular complexity index is 492. The first kappa shape index (κ1) is 21.2. The molecule has 6 heteroatoms. The van der Waals surface area contributed by atoms with Gasteiger partial charge in [-0.05, 0) is 38.5 Å². The number of allylic oxidation sites excluding steroid dienone is 2. The van der Waals surface area contributed by atoms with Gasteiger partial charge in [0.15, 0.2) is 5.41 Å². The Morgan fingerprint density at radius 1 is 1.08 bits per heavy atom. The summed E-state index contributed by atoms with van der Waals surface area (Å²) in [5.74, 6) is -1.89. The second-order valence-corrected chi connectivity index (χ2v) is 6.56. The number of esters is 3. The zero-order valence-corrected chi connectivity index (χ0v) is 15.8. The predicted molar refractivity (Wildman–Crippen MR) is 92.7 cm³/mol. The Labute approximate surface area is 149 Å². The lowest BCUT2D eigenvalue weighted by Crippen LogP contribution is -2.41. The molecule has 1 atom stereocenters. The first-order valence-corrected chi connectivity index (χ1v) is 8.87. The van der Waals surface area contributed by atoms with E-state index in [1.807, 2.05) is 0 Å². The molecular weight excluding hydrogens is 324 g/mol. The molecule has 0 radical (unpaired) electrons. The number of hydrogen-bond donors (Lipinski definition) is 0. The lowest BCUT2D eigenvalue weighted by Gasteiger charge is -2.27. The van der Waals surface area contributed by atoms with E-state index in [-0.39, 0.29) is 24.7 Å². The third kappa shape index (κ3) is 5.31. The van der Waals surface area contributed by atoms with Gasteiger partial charge in [0.25, 0.3) is 0 Å². The standard InChI is InChI=1S/C19H30O6/c1-5-6-7-8-9-14-12-15(16(20)23-2)10-11-19(13-14,17(21)24-3)18(22)25-4/h9,15H,5-8,10-13H2,1-4H3/b14-9+. The van der Waals surface area contributed by atoms with E-state index in [1.165, 1.54) is 21.3 Å². The lowest BCUT2D eigenvalue weighted by atomic mass is 9.78. The monoisotopic (exact) mass is 354 g/mol. The molecule has 0 heterocycles. The van der Waals surface area contributed by atoms with Crippen LogP contribution in [-0.2, 0) is 28.6 Å². The molecule has 0 saturated heterocycles. The van der Waals surface area contributed by atoms with Crippen molar-refractivity contribution in [1.29, 1.82) is 0 Å². The molecule has 1 fully saturated rings. The maximum atomic E-state index is 12.4. The Balaban J connectivity index is 3.16. The average molecular weight is 354 g/mol. The highest BCUT2D eigenvalue weighted by molar-refractivity contribution is 6.00. The van der Waals surface area contributed by atoms with Crippen LogP contribution in [0.1, 0.15) is 58.3 Å². The van der Waals surface area contributed by atoms with Crippen LogP contribution in [0, 0.1) is 11.3 Å². The Hall–Kier alpha value is -1.85. The van der Waals surface area contributed by atoms with Gasteiger partial charge in [0.2, 0.25) is 0 Å². The van der Waals surface area contributed by atoms with E-state index in [0.29, 0.717) is 12.8 Å². The Morgan fingerprint density at radius 3 is 2.24 bits per heavy atom. The largest absolute Gasteiger partial charge is 0.469 e. The molecule has 25 heavy (non-hydrogen) atoms. The fourth-order valence-electron chi connectivity index (χ4n) is 3.43. The highest BCUT2D eigenvalue weighted by atomic mass is 16.5. The van der Waals surface area contributed by atoms with E-state index in [0.717, 1.165) is 31.3 Å². The van der Waals surface area contributed by atoms with Gasteiger partial charge in [-0.15, -0.1) is 0 Å². The van der Waals surface area contributed by atoms with Crippen molar-refractivity contribution < 1.29 is 28.6 Å². The number of methoxy groups -OCH3 is 3. The van der Waals surface area contributed by atoms with Crippen molar-refractivity contribution in [3.63, 3.8) is 0 Å². The summed E-state index contributed by atoms with van der Waals surface area (Å²) in [5, 5.41) is 0. The van der Waals surface area contributed by atoms with Gasteiger partial charge in [0, 0.05) is 0 Å². The summed E-state index contributed by atoms with van der Waals surface area (Å²) in [6, 6.07) is 0. The summed E-state index contributed by atoms with van der Waals surface area (Å²) in [4.78, 5) is 36.9. The van der Waals surface area contributed by atoms with Gasteiger partial charge < -0.3 is 14.2 Å². The van der Waals surface area contributed by atoms with Crippen LogP contribution < -0.4 is 0 Å². The third-order valence-corrected chi connectivity index (χ3v) is 4.88. The second-order valence-electron chi connectivity index (χ2n) is 6.56. The van der Waals surface area contributed by atoms with Gasteiger partial charge in [0.1, 0.15) is 0 Å². The van der Waals surface area contributed by atoms with Crippen LogP contribution in [0.15, 0.2) is 11.6 Å². The van der Waals surface area contributed by atoms with Gasteiger partial charge in [0.05, 0.1) is 27.2 Å². The number of carbonyl (C=O) groups excluding carboxylic acids is 3. The second kappa shape index (κ2) is 10.2. The summed E-state index contributed by atoms with van der Waals surface area (Å²) >= 11 is 0. The van der Waals surface area contributed by atoms with E-state index >= 15 is 0 Å². The maximum Gasteiger partial charge on any atom is 0.323 e. The zero-order chi connectivity index (χ0) is 18.9. The molecule has 0 bridgehead atoms. The van der Waals surface area contributed by atoms with Crippen molar-refractivity contribution in [3.05, 3.63) is 11.6 Å². The summed E-state index contributed by atoms with van der Waals surface area (Å²) in [6.45, 7) is 2.13. The minimum Gasteiger partial charge on any atom is -0.469 e. The summed E-state index contributed by atoms with van der Waals surface area (Å²) in [6.07, 6.45) is 7.48. The molecule has 0 amide bonds. The molecule has 142 valence electrons. The van der Waals surface area contributed by atoms with Gasteiger partial charge in [-0.3, -0.25) is 14.4 Å². The number of unbranched alkanes of at least 4 members (excludes halogenated alkanes) is 3. The van der Waals surface area contributed by atoms with Crippen LogP contribution in [0.5, 0.6) is 0 Å². The summed E-state index contributed by atoms with van der Waals surface area (Å²) in [7, 11) is 3.88. The van der Waals surface area contributed by atoms with Crippen LogP contribution >= 0.6 is 0 Å². The molecule has 1 rings (SSSR count). The fraction of sp³-hybridized carbons (Fsp3) is 0.737. The Morgan fingerprint density at radius 2 is 1.72 bits per heavy atom. The predicted octanol–water partition coefficient (Wildman–Crippen LogP) is 3.19. The van der Waals surface area contributed by atoms with E-state index in [4.69, 9.17) is 14.2 Å². The molecule has 0 N–H and O–H groups in total. The molecule has 1 aliphatic carbocycles. The van der Waals surface area contributed by atoms with Crippen molar-refractivity contribution in [2.75, 3.05) is 21.3 Å². The first-order chi connectivity index (χ1) is 11.9. The van der Waals surface area contributed by atoms with Crippen molar-refractivity contribution in [2.24, 2.45) is 11.3 Å².